The lowest BCUT2D eigenvalue weighted by Gasteiger charge is -2.14. The largest absolute Gasteiger partial charge is 0.497 e. The van der Waals surface area contributed by atoms with Crippen molar-refractivity contribution in [1.29, 1.82) is 0 Å². The molecule has 3 rings (SSSR count). The molecule has 0 bridgehead atoms. The third-order valence-corrected chi connectivity index (χ3v) is 6.19. The summed E-state index contributed by atoms with van der Waals surface area (Å²) in [5.74, 6) is 0.926. The minimum absolute atomic E-state index is 0.169. The van der Waals surface area contributed by atoms with Gasteiger partial charge in [-0.15, -0.1) is 0 Å². The van der Waals surface area contributed by atoms with Gasteiger partial charge in [-0.25, -0.2) is 22.5 Å². The van der Waals surface area contributed by atoms with Gasteiger partial charge in [-0.2, -0.15) is 4.37 Å². The molecule has 154 valence electrons. The predicted molar refractivity (Wildman–Crippen MR) is 110 cm³/mol. The van der Waals surface area contributed by atoms with Crippen LogP contribution in [-0.2, 0) is 16.4 Å². The highest BCUT2D eigenvalue weighted by atomic mass is 32.2. The first-order chi connectivity index (χ1) is 13.9. The monoisotopic (exact) mass is 436 g/mol. The second kappa shape index (κ2) is 9.29. The molecule has 1 heterocycles. The number of halogens is 1. The summed E-state index contributed by atoms with van der Waals surface area (Å²) in [6.07, 6.45) is 0.497. The molecule has 0 aliphatic rings. The summed E-state index contributed by atoms with van der Waals surface area (Å²) in [6, 6.07) is 12.2. The zero-order valence-corrected chi connectivity index (χ0v) is 17.6. The summed E-state index contributed by atoms with van der Waals surface area (Å²) < 4.78 is 49.7. The van der Waals surface area contributed by atoms with E-state index < -0.39 is 10.0 Å². The number of benzene rings is 2. The number of hydrogen-bond acceptors (Lipinski definition) is 7. The van der Waals surface area contributed by atoms with Crippen molar-refractivity contribution in [3.8, 4) is 5.75 Å². The van der Waals surface area contributed by atoms with Gasteiger partial charge in [-0.3, -0.25) is 0 Å². The molecule has 7 nitrogen and oxygen atoms in total. The smallest absolute Gasteiger partial charge is 0.240 e. The Kier molecular flexibility index (Phi) is 6.78. The Hall–Kier alpha value is -2.56. The first-order valence-electron chi connectivity index (χ1n) is 8.83. The second-order valence-corrected chi connectivity index (χ2v) is 8.91. The molecule has 1 unspecified atom stereocenters. The predicted octanol–water partition coefficient (Wildman–Crippen LogP) is 3.06. The van der Waals surface area contributed by atoms with Gasteiger partial charge in [-0.05, 0) is 48.9 Å². The number of hydrogen-bond donors (Lipinski definition) is 2. The van der Waals surface area contributed by atoms with Gasteiger partial charge in [0.15, 0.2) is 0 Å². The fourth-order valence-electron chi connectivity index (χ4n) is 2.50. The molecular weight excluding hydrogens is 415 g/mol. The number of anilines is 1. The second-order valence-electron chi connectivity index (χ2n) is 6.39. The molecule has 29 heavy (non-hydrogen) atoms. The Balaban J connectivity index is 1.53. The van der Waals surface area contributed by atoms with Crippen LogP contribution in [0.25, 0.3) is 0 Å². The van der Waals surface area contributed by atoms with E-state index in [-0.39, 0.29) is 23.3 Å². The average molecular weight is 437 g/mol. The Morgan fingerprint density at radius 1 is 1.14 bits per heavy atom. The third-order valence-electron chi connectivity index (χ3n) is 4.06. The molecule has 0 spiro atoms. The number of aromatic nitrogens is 2. The lowest BCUT2D eigenvalue weighted by atomic mass is 10.1. The van der Waals surface area contributed by atoms with E-state index in [2.05, 4.69) is 19.4 Å². The molecular formula is C19H21FN4O3S2. The van der Waals surface area contributed by atoms with Gasteiger partial charge in [0.05, 0.1) is 12.0 Å². The molecule has 0 amide bonds. The van der Waals surface area contributed by atoms with Crippen molar-refractivity contribution in [2.45, 2.75) is 24.3 Å². The molecule has 0 radical (unpaired) electrons. The first-order valence-corrected chi connectivity index (χ1v) is 11.1. The first kappa shape index (κ1) is 21.2. The molecule has 2 aromatic carbocycles. The Bertz CT molecular complexity index is 1040. The van der Waals surface area contributed by atoms with E-state index in [0.29, 0.717) is 23.1 Å². The number of nitrogens with one attached hydrogen (secondary N) is 2. The normalized spacial score (nSPS) is 12.5. The van der Waals surface area contributed by atoms with Crippen molar-refractivity contribution in [2.75, 3.05) is 19.0 Å². The van der Waals surface area contributed by atoms with E-state index in [9.17, 15) is 12.8 Å². The van der Waals surface area contributed by atoms with E-state index in [1.54, 1.807) is 24.3 Å². The number of nitrogens with zero attached hydrogens (tertiary/aromatic N) is 2. The lowest BCUT2D eigenvalue weighted by Crippen LogP contribution is -2.34. The quantitative estimate of drug-likeness (QED) is 0.536. The van der Waals surface area contributed by atoms with Crippen molar-refractivity contribution in [1.82, 2.24) is 14.1 Å². The maximum absolute atomic E-state index is 13.0. The minimum Gasteiger partial charge on any atom is -0.497 e. The standard InChI is InChI=1S/C19H21FN4O3S2/c1-13(12-21-29(25,26)17-9-7-16(27-2)8-10-17)22-19-23-18(24-28-19)11-14-3-5-15(20)6-4-14/h3-10,13,21H,11-12H2,1-2H3,(H,22,23,24). The summed E-state index contributed by atoms with van der Waals surface area (Å²) in [5.41, 5.74) is 0.913. The topological polar surface area (TPSA) is 93.2 Å². The zero-order valence-electron chi connectivity index (χ0n) is 15.9. The molecule has 0 fully saturated rings. The molecule has 10 heteroatoms. The van der Waals surface area contributed by atoms with E-state index in [1.165, 1.54) is 42.9 Å². The molecule has 0 saturated carbocycles. The van der Waals surface area contributed by atoms with Crippen LogP contribution in [0.4, 0.5) is 9.52 Å². The van der Waals surface area contributed by atoms with Crippen molar-refractivity contribution in [3.63, 3.8) is 0 Å². The van der Waals surface area contributed by atoms with Crippen LogP contribution in [0.3, 0.4) is 0 Å². The maximum Gasteiger partial charge on any atom is 0.240 e. The van der Waals surface area contributed by atoms with Crippen molar-refractivity contribution < 1.29 is 17.5 Å². The van der Waals surface area contributed by atoms with Crippen molar-refractivity contribution >= 4 is 26.7 Å². The van der Waals surface area contributed by atoms with Gasteiger partial charge >= 0.3 is 0 Å². The number of ether oxygens (including phenoxy) is 1. The minimum atomic E-state index is -3.62. The summed E-state index contributed by atoms with van der Waals surface area (Å²) in [4.78, 5) is 4.57. The Labute approximate surface area is 173 Å². The highest BCUT2D eigenvalue weighted by molar-refractivity contribution is 7.89. The van der Waals surface area contributed by atoms with Crippen LogP contribution in [0.1, 0.15) is 18.3 Å². The van der Waals surface area contributed by atoms with Gasteiger partial charge in [0, 0.05) is 30.5 Å². The van der Waals surface area contributed by atoms with Gasteiger partial charge in [0.1, 0.15) is 17.4 Å². The van der Waals surface area contributed by atoms with Crippen LogP contribution in [0.2, 0.25) is 0 Å². The highest BCUT2D eigenvalue weighted by Gasteiger charge is 2.16. The van der Waals surface area contributed by atoms with Crippen LogP contribution in [-0.4, -0.2) is 37.5 Å². The Morgan fingerprint density at radius 2 is 1.83 bits per heavy atom. The molecule has 1 aromatic heterocycles. The summed E-state index contributed by atoms with van der Waals surface area (Å²) >= 11 is 1.20. The number of rotatable bonds is 9. The van der Waals surface area contributed by atoms with E-state index >= 15 is 0 Å². The van der Waals surface area contributed by atoms with Gasteiger partial charge in [0.25, 0.3) is 0 Å². The fraction of sp³-hybridized carbons (Fsp3) is 0.263. The van der Waals surface area contributed by atoms with Crippen LogP contribution < -0.4 is 14.8 Å². The zero-order chi connectivity index (χ0) is 20.9. The molecule has 3 aromatic rings. The summed E-state index contributed by atoms with van der Waals surface area (Å²) in [7, 11) is -2.10. The summed E-state index contributed by atoms with van der Waals surface area (Å²) in [5, 5.41) is 3.73. The SMILES string of the molecule is COc1ccc(S(=O)(=O)NCC(C)Nc2nc(Cc3ccc(F)cc3)ns2)cc1. The van der Waals surface area contributed by atoms with Gasteiger partial charge in [0.2, 0.25) is 15.2 Å². The molecule has 0 aliphatic heterocycles. The van der Waals surface area contributed by atoms with Crippen LogP contribution in [0.5, 0.6) is 5.75 Å². The number of sulfonamides is 1. The van der Waals surface area contributed by atoms with E-state index in [1.807, 2.05) is 6.92 Å². The van der Waals surface area contributed by atoms with Crippen molar-refractivity contribution in [2.24, 2.45) is 0 Å². The number of methoxy groups -OCH3 is 1. The average Bonchev–Trinajstić information content (AvgIpc) is 3.15. The van der Waals surface area contributed by atoms with Crippen LogP contribution >= 0.6 is 11.5 Å². The summed E-state index contributed by atoms with van der Waals surface area (Å²) in [6.45, 7) is 2.03. The fourth-order valence-corrected chi connectivity index (χ4v) is 4.33. The van der Waals surface area contributed by atoms with Gasteiger partial charge in [-0.1, -0.05) is 12.1 Å². The van der Waals surface area contributed by atoms with E-state index in [4.69, 9.17) is 4.74 Å². The Morgan fingerprint density at radius 3 is 2.48 bits per heavy atom. The highest BCUT2D eigenvalue weighted by Crippen LogP contribution is 2.17. The third kappa shape index (κ3) is 5.96. The van der Waals surface area contributed by atoms with Crippen LogP contribution in [0.15, 0.2) is 53.4 Å². The maximum atomic E-state index is 13.0. The lowest BCUT2D eigenvalue weighted by molar-refractivity contribution is 0.414. The van der Waals surface area contributed by atoms with E-state index in [0.717, 1.165) is 5.56 Å². The molecule has 0 saturated heterocycles. The molecule has 2 N–H and O–H groups in total. The van der Waals surface area contributed by atoms with Crippen molar-refractivity contribution in [3.05, 3.63) is 65.7 Å². The molecule has 0 aliphatic carbocycles. The molecule has 1 atom stereocenters. The van der Waals surface area contributed by atoms with Crippen LogP contribution in [0, 0.1) is 5.82 Å². The van der Waals surface area contributed by atoms with Gasteiger partial charge < -0.3 is 10.1 Å².